The van der Waals surface area contributed by atoms with E-state index in [1.54, 1.807) is 42.5 Å². The van der Waals surface area contributed by atoms with E-state index in [0.717, 1.165) is 37.9 Å². The number of sulfonamides is 1. The van der Waals surface area contributed by atoms with Crippen LogP contribution >= 0.6 is 0 Å². The number of hydrogen-bond acceptors (Lipinski definition) is 4. The Morgan fingerprint density at radius 2 is 1.73 bits per heavy atom. The molecule has 0 saturated carbocycles. The molecule has 1 aliphatic heterocycles. The van der Waals surface area contributed by atoms with Crippen LogP contribution in [0.25, 0.3) is 0 Å². The van der Waals surface area contributed by atoms with Gasteiger partial charge in [-0.2, -0.15) is 0 Å². The number of amides is 1. The first-order valence-electron chi connectivity index (χ1n) is 10.5. The zero-order valence-electron chi connectivity index (χ0n) is 17.7. The largest absolute Gasteiger partial charge is 0.352 e. The highest BCUT2D eigenvalue weighted by Crippen LogP contribution is 2.21. The summed E-state index contributed by atoms with van der Waals surface area (Å²) in [6, 6.07) is 14.7. The number of anilines is 1. The summed E-state index contributed by atoms with van der Waals surface area (Å²) < 4.78 is 27.5. The molecule has 0 bridgehead atoms. The predicted molar refractivity (Wildman–Crippen MR) is 120 cm³/mol. The van der Waals surface area contributed by atoms with Gasteiger partial charge in [0.1, 0.15) is 0 Å². The monoisotopic (exact) mass is 429 g/mol. The molecule has 1 fully saturated rings. The fraction of sp³-hybridized carbons (Fsp3) is 0.435. The van der Waals surface area contributed by atoms with Crippen LogP contribution in [-0.4, -0.2) is 45.4 Å². The number of benzene rings is 2. The van der Waals surface area contributed by atoms with Crippen LogP contribution in [-0.2, 0) is 10.0 Å². The number of nitrogens with one attached hydrogen (secondary N) is 2. The van der Waals surface area contributed by atoms with Gasteiger partial charge in [0.05, 0.1) is 4.90 Å². The minimum atomic E-state index is -3.69. The predicted octanol–water partition coefficient (Wildman–Crippen LogP) is 3.59. The van der Waals surface area contributed by atoms with E-state index in [2.05, 4.69) is 28.8 Å². The van der Waals surface area contributed by atoms with E-state index in [1.165, 1.54) is 18.6 Å². The minimum absolute atomic E-state index is 0.182. The Bertz CT molecular complexity index is 937. The van der Waals surface area contributed by atoms with Gasteiger partial charge in [0.15, 0.2) is 0 Å². The van der Waals surface area contributed by atoms with Crippen LogP contribution < -0.4 is 10.0 Å². The molecule has 2 aromatic carbocycles. The minimum Gasteiger partial charge on any atom is -0.352 e. The standard InChI is InChI=1S/C23H31N3O3S/c1-18-14-19(2)17-26(16-18)13-7-12-24-23(27)20-8-6-9-21(15-20)25-30(28,29)22-10-4-3-5-11-22/h3-6,8-11,15,18-19,25H,7,12-14,16-17H2,1-2H3,(H,24,27). The van der Waals surface area contributed by atoms with Gasteiger partial charge >= 0.3 is 0 Å². The van der Waals surface area contributed by atoms with Gasteiger partial charge in [-0.15, -0.1) is 0 Å². The van der Waals surface area contributed by atoms with Gasteiger partial charge in [0.25, 0.3) is 15.9 Å². The van der Waals surface area contributed by atoms with Gasteiger partial charge < -0.3 is 10.2 Å². The van der Waals surface area contributed by atoms with Crippen LogP contribution in [0.1, 0.15) is 37.0 Å². The van der Waals surface area contributed by atoms with Crippen molar-refractivity contribution in [2.24, 2.45) is 11.8 Å². The molecule has 0 aliphatic carbocycles. The molecule has 0 aromatic heterocycles. The summed E-state index contributed by atoms with van der Waals surface area (Å²) in [5.74, 6) is 1.26. The lowest BCUT2D eigenvalue weighted by atomic mass is 9.92. The van der Waals surface area contributed by atoms with Crippen LogP contribution in [0.3, 0.4) is 0 Å². The van der Waals surface area contributed by atoms with Crippen molar-refractivity contribution >= 4 is 21.6 Å². The molecule has 162 valence electrons. The van der Waals surface area contributed by atoms with Gasteiger partial charge in [0, 0.05) is 30.9 Å². The number of rotatable bonds is 8. The first kappa shape index (κ1) is 22.3. The molecule has 3 rings (SSSR count). The number of likely N-dealkylation sites (tertiary alicyclic amines) is 1. The van der Waals surface area contributed by atoms with Crippen molar-refractivity contribution in [3.8, 4) is 0 Å². The number of hydrogen-bond donors (Lipinski definition) is 2. The fourth-order valence-corrected chi connectivity index (χ4v) is 5.19. The third-order valence-electron chi connectivity index (χ3n) is 5.31. The van der Waals surface area contributed by atoms with E-state index >= 15 is 0 Å². The molecular formula is C23H31N3O3S. The second-order valence-electron chi connectivity index (χ2n) is 8.31. The maximum atomic E-state index is 12.5. The lowest BCUT2D eigenvalue weighted by molar-refractivity contribution is 0.0947. The summed E-state index contributed by atoms with van der Waals surface area (Å²) in [6.07, 6.45) is 2.18. The highest BCUT2D eigenvalue weighted by Gasteiger charge is 2.21. The average molecular weight is 430 g/mol. The quantitative estimate of drug-likeness (QED) is 0.629. The van der Waals surface area contributed by atoms with E-state index in [-0.39, 0.29) is 10.8 Å². The maximum Gasteiger partial charge on any atom is 0.261 e. The highest BCUT2D eigenvalue weighted by atomic mass is 32.2. The summed E-state index contributed by atoms with van der Waals surface area (Å²) in [5.41, 5.74) is 0.797. The Balaban J connectivity index is 1.51. The molecule has 1 saturated heterocycles. The second-order valence-corrected chi connectivity index (χ2v) is 10.00. The first-order chi connectivity index (χ1) is 14.3. The number of piperidine rings is 1. The van der Waals surface area contributed by atoms with Crippen molar-refractivity contribution in [1.82, 2.24) is 10.2 Å². The molecule has 6 nitrogen and oxygen atoms in total. The lowest BCUT2D eigenvalue weighted by Crippen LogP contribution is -2.40. The molecule has 1 amide bonds. The Hall–Kier alpha value is -2.38. The van der Waals surface area contributed by atoms with E-state index in [9.17, 15) is 13.2 Å². The molecular weight excluding hydrogens is 398 g/mol. The Morgan fingerprint density at radius 1 is 1.03 bits per heavy atom. The third kappa shape index (κ3) is 6.31. The van der Waals surface area contributed by atoms with Gasteiger partial charge in [-0.25, -0.2) is 8.42 Å². The summed E-state index contributed by atoms with van der Waals surface area (Å²) in [5, 5.41) is 2.94. The van der Waals surface area contributed by atoms with Crippen LogP contribution in [0.15, 0.2) is 59.5 Å². The maximum absolute atomic E-state index is 12.5. The Kier molecular flexibility index (Phi) is 7.50. The topological polar surface area (TPSA) is 78.5 Å². The number of nitrogens with zero attached hydrogens (tertiary/aromatic N) is 1. The Morgan fingerprint density at radius 3 is 2.43 bits per heavy atom. The molecule has 1 aliphatic rings. The van der Waals surface area contributed by atoms with E-state index in [4.69, 9.17) is 0 Å². The SMILES string of the molecule is CC1CC(C)CN(CCCNC(=O)c2cccc(NS(=O)(=O)c3ccccc3)c2)C1. The average Bonchev–Trinajstić information content (AvgIpc) is 2.71. The smallest absolute Gasteiger partial charge is 0.261 e. The zero-order chi connectivity index (χ0) is 21.6. The molecule has 2 aromatic rings. The summed E-state index contributed by atoms with van der Waals surface area (Å²) in [4.78, 5) is 15.1. The summed E-state index contributed by atoms with van der Waals surface area (Å²) >= 11 is 0. The molecule has 0 radical (unpaired) electrons. The van der Waals surface area contributed by atoms with Gasteiger partial charge in [-0.1, -0.05) is 38.1 Å². The molecule has 7 heteroatoms. The van der Waals surface area contributed by atoms with Crippen LogP contribution in [0, 0.1) is 11.8 Å². The summed E-state index contributed by atoms with van der Waals surface area (Å²) in [7, 11) is -3.69. The second kappa shape index (κ2) is 10.1. The van der Waals surface area contributed by atoms with E-state index in [0.29, 0.717) is 17.8 Å². The first-order valence-corrected chi connectivity index (χ1v) is 12.0. The van der Waals surface area contributed by atoms with Crippen molar-refractivity contribution in [1.29, 1.82) is 0 Å². The van der Waals surface area contributed by atoms with Crippen molar-refractivity contribution in [2.45, 2.75) is 31.6 Å². The number of carbonyl (C=O) groups excluding carboxylic acids is 1. The van der Waals surface area contributed by atoms with E-state index < -0.39 is 10.0 Å². The van der Waals surface area contributed by atoms with Crippen molar-refractivity contribution in [3.05, 3.63) is 60.2 Å². The zero-order valence-corrected chi connectivity index (χ0v) is 18.5. The van der Waals surface area contributed by atoms with E-state index in [1.807, 2.05) is 0 Å². The normalized spacial score (nSPS) is 19.9. The molecule has 2 atom stereocenters. The molecule has 2 N–H and O–H groups in total. The molecule has 30 heavy (non-hydrogen) atoms. The number of carbonyl (C=O) groups is 1. The lowest BCUT2D eigenvalue weighted by Gasteiger charge is -2.34. The Labute approximate surface area is 179 Å². The fourth-order valence-electron chi connectivity index (χ4n) is 4.12. The van der Waals surface area contributed by atoms with Crippen molar-refractivity contribution in [2.75, 3.05) is 30.9 Å². The third-order valence-corrected chi connectivity index (χ3v) is 6.71. The van der Waals surface area contributed by atoms with Crippen LogP contribution in [0.4, 0.5) is 5.69 Å². The summed E-state index contributed by atoms with van der Waals surface area (Å²) in [6.45, 7) is 8.42. The van der Waals surface area contributed by atoms with Gasteiger partial charge in [0.2, 0.25) is 0 Å². The molecule has 2 unspecified atom stereocenters. The van der Waals surface area contributed by atoms with Gasteiger partial charge in [-0.05, 0) is 61.6 Å². The van der Waals surface area contributed by atoms with Gasteiger partial charge in [-0.3, -0.25) is 9.52 Å². The molecule has 0 spiro atoms. The van der Waals surface area contributed by atoms with Crippen molar-refractivity contribution < 1.29 is 13.2 Å². The van der Waals surface area contributed by atoms with Crippen LogP contribution in [0.5, 0.6) is 0 Å². The molecule has 1 heterocycles. The highest BCUT2D eigenvalue weighted by molar-refractivity contribution is 7.92. The van der Waals surface area contributed by atoms with Crippen LogP contribution in [0.2, 0.25) is 0 Å². The van der Waals surface area contributed by atoms with Crippen molar-refractivity contribution in [3.63, 3.8) is 0 Å².